The Morgan fingerprint density at radius 1 is 1.32 bits per heavy atom. The molecule has 0 bridgehead atoms. The second-order valence-electron chi connectivity index (χ2n) is 5.39. The van der Waals surface area contributed by atoms with Crippen LogP contribution in [-0.2, 0) is 14.8 Å². The fourth-order valence-electron chi connectivity index (χ4n) is 1.46. The zero-order valence-corrected chi connectivity index (χ0v) is 17.6. The normalized spacial score (nSPS) is 13.0. The van der Waals surface area contributed by atoms with Crippen LogP contribution < -0.4 is 10.6 Å². The van der Waals surface area contributed by atoms with Crippen LogP contribution in [0.1, 0.15) is 27.2 Å². The molecule has 0 fully saturated rings. The van der Waals surface area contributed by atoms with Gasteiger partial charge in [-0.3, -0.25) is 4.99 Å². The van der Waals surface area contributed by atoms with E-state index in [2.05, 4.69) is 15.6 Å². The van der Waals surface area contributed by atoms with Gasteiger partial charge in [-0.25, -0.2) is 12.7 Å². The second-order valence-corrected chi connectivity index (χ2v) is 7.76. The Hall–Kier alpha value is -0.130. The summed E-state index contributed by atoms with van der Waals surface area (Å²) in [5, 5.41) is 6.32. The predicted octanol–water partition coefficient (Wildman–Crippen LogP) is 0.866. The van der Waals surface area contributed by atoms with Gasteiger partial charge < -0.3 is 15.4 Å². The van der Waals surface area contributed by atoms with E-state index in [1.807, 2.05) is 13.8 Å². The summed E-state index contributed by atoms with van der Waals surface area (Å²) in [5.41, 5.74) is -0.271. The second kappa shape index (κ2) is 11.4. The molecule has 0 atom stereocenters. The Balaban J connectivity index is 0. The number of hydrogen-bond acceptors (Lipinski definition) is 4. The lowest BCUT2D eigenvalue weighted by Crippen LogP contribution is -2.45. The standard InChI is InChI=1S/C13H30N4O3S.HI/c1-7-21(18,19)17(5)10-8-9-15-12(14-4)16-11-13(2,3)20-6;/h7-11H2,1-6H3,(H2,14,15,16);1H. The molecule has 0 aliphatic rings. The first kappa shape index (κ1) is 24.1. The van der Waals surface area contributed by atoms with Crippen molar-refractivity contribution >= 4 is 40.0 Å². The SMILES string of the molecule is CCS(=O)(=O)N(C)CCCNC(=NC)NCC(C)(C)OC.I. The molecule has 2 N–H and O–H groups in total. The van der Waals surface area contributed by atoms with Gasteiger partial charge in [0.1, 0.15) is 0 Å². The molecule has 0 aliphatic heterocycles. The van der Waals surface area contributed by atoms with Gasteiger partial charge in [-0.1, -0.05) is 0 Å². The van der Waals surface area contributed by atoms with E-state index in [0.29, 0.717) is 32.0 Å². The molecule has 0 amide bonds. The molecule has 0 rings (SSSR count). The molecule has 22 heavy (non-hydrogen) atoms. The van der Waals surface area contributed by atoms with E-state index < -0.39 is 10.0 Å². The number of guanidine groups is 1. The smallest absolute Gasteiger partial charge is 0.213 e. The summed E-state index contributed by atoms with van der Waals surface area (Å²) in [4.78, 5) is 4.11. The molecule has 0 saturated carbocycles. The molecule has 0 heterocycles. The minimum absolute atomic E-state index is 0. The first-order valence-corrected chi connectivity index (χ1v) is 8.73. The highest BCUT2D eigenvalue weighted by molar-refractivity contribution is 14.0. The minimum atomic E-state index is -3.09. The molecule has 0 saturated heterocycles. The number of hydrogen-bond donors (Lipinski definition) is 2. The van der Waals surface area contributed by atoms with Crippen LogP contribution in [0.15, 0.2) is 4.99 Å². The van der Waals surface area contributed by atoms with E-state index in [4.69, 9.17) is 4.74 Å². The number of sulfonamides is 1. The van der Waals surface area contributed by atoms with Crippen LogP contribution in [-0.4, -0.2) is 70.9 Å². The molecule has 7 nitrogen and oxygen atoms in total. The molecule has 0 aromatic heterocycles. The third kappa shape index (κ3) is 9.80. The van der Waals surface area contributed by atoms with Crippen LogP contribution in [0.4, 0.5) is 0 Å². The lowest BCUT2D eigenvalue weighted by atomic mass is 10.1. The highest BCUT2D eigenvalue weighted by Crippen LogP contribution is 2.04. The monoisotopic (exact) mass is 450 g/mol. The lowest BCUT2D eigenvalue weighted by molar-refractivity contribution is 0.0268. The van der Waals surface area contributed by atoms with Crippen molar-refractivity contribution in [2.75, 3.05) is 46.6 Å². The minimum Gasteiger partial charge on any atom is -0.377 e. The van der Waals surface area contributed by atoms with Crippen LogP contribution in [0, 0.1) is 0 Å². The predicted molar refractivity (Wildman–Crippen MR) is 103 cm³/mol. The molecule has 0 aromatic carbocycles. The Kier molecular flexibility index (Phi) is 12.5. The van der Waals surface area contributed by atoms with Crippen molar-refractivity contribution in [3.63, 3.8) is 0 Å². The molecule has 0 spiro atoms. The number of aliphatic imine (C=N–C) groups is 1. The number of methoxy groups -OCH3 is 1. The number of nitrogens with one attached hydrogen (secondary N) is 2. The molecule has 0 unspecified atom stereocenters. The maximum Gasteiger partial charge on any atom is 0.213 e. The Morgan fingerprint density at radius 2 is 1.91 bits per heavy atom. The zero-order chi connectivity index (χ0) is 16.5. The summed E-state index contributed by atoms with van der Waals surface area (Å²) in [5.74, 6) is 0.813. The summed E-state index contributed by atoms with van der Waals surface area (Å²) >= 11 is 0. The average molecular weight is 450 g/mol. The van der Waals surface area contributed by atoms with Crippen molar-refractivity contribution in [2.45, 2.75) is 32.8 Å². The number of ether oxygens (including phenoxy) is 1. The van der Waals surface area contributed by atoms with Crippen LogP contribution in [0.5, 0.6) is 0 Å². The summed E-state index contributed by atoms with van der Waals surface area (Å²) in [7, 11) is 1.88. The van der Waals surface area contributed by atoms with E-state index in [1.54, 1.807) is 28.1 Å². The summed E-state index contributed by atoms with van der Waals surface area (Å²) in [6.07, 6.45) is 0.712. The highest BCUT2D eigenvalue weighted by Gasteiger charge is 2.17. The molecule has 0 aromatic rings. The van der Waals surface area contributed by atoms with Gasteiger partial charge >= 0.3 is 0 Å². The van der Waals surface area contributed by atoms with Gasteiger partial charge in [0.25, 0.3) is 0 Å². The number of rotatable bonds is 9. The molecule has 9 heteroatoms. The van der Waals surface area contributed by atoms with Gasteiger partial charge in [-0.2, -0.15) is 0 Å². The van der Waals surface area contributed by atoms with Crippen molar-refractivity contribution in [2.24, 2.45) is 4.99 Å². The summed E-state index contributed by atoms with van der Waals surface area (Å²) < 4.78 is 29.9. The summed E-state index contributed by atoms with van der Waals surface area (Å²) in [6, 6.07) is 0. The molecule has 134 valence electrons. The largest absolute Gasteiger partial charge is 0.377 e. The van der Waals surface area contributed by atoms with E-state index >= 15 is 0 Å². The quantitative estimate of drug-likeness (QED) is 0.236. The third-order valence-electron chi connectivity index (χ3n) is 3.24. The summed E-state index contributed by atoms with van der Waals surface area (Å²) in [6.45, 7) is 7.39. The number of nitrogens with zero attached hydrogens (tertiary/aromatic N) is 2. The van der Waals surface area contributed by atoms with E-state index in [0.717, 1.165) is 0 Å². The maximum atomic E-state index is 11.6. The highest BCUT2D eigenvalue weighted by atomic mass is 127. The van der Waals surface area contributed by atoms with Gasteiger partial charge in [0.05, 0.1) is 11.4 Å². The van der Waals surface area contributed by atoms with Gasteiger partial charge in [-0.05, 0) is 27.2 Å². The van der Waals surface area contributed by atoms with Crippen molar-refractivity contribution in [3.8, 4) is 0 Å². The fourth-order valence-corrected chi connectivity index (χ4v) is 2.31. The van der Waals surface area contributed by atoms with Crippen molar-refractivity contribution in [3.05, 3.63) is 0 Å². The average Bonchev–Trinajstić information content (AvgIpc) is 2.46. The molecular formula is C13H31IN4O3S. The first-order valence-electron chi connectivity index (χ1n) is 7.12. The van der Waals surface area contributed by atoms with Gasteiger partial charge in [0.15, 0.2) is 5.96 Å². The van der Waals surface area contributed by atoms with Gasteiger partial charge in [0.2, 0.25) is 10.0 Å². The van der Waals surface area contributed by atoms with E-state index in [-0.39, 0.29) is 35.3 Å². The topological polar surface area (TPSA) is 83.0 Å². The Bertz CT molecular complexity index is 427. The van der Waals surface area contributed by atoms with Crippen LogP contribution in [0.3, 0.4) is 0 Å². The van der Waals surface area contributed by atoms with Crippen LogP contribution >= 0.6 is 24.0 Å². The fraction of sp³-hybridized carbons (Fsp3) is 0.923. The first-order chi connectivity index (χ1) is 9.68. The van der Waals surface area contributed by atoms with Gasteiger partial charge in [0, 0.05) is 40.8 Å². The van der Waals surface area contributed by atoms with Crippen molar-refractivity contribution in [1.82, 2.24) is 14.9 Å². The van der Waals surface area contributed by atoms with E-state index in [9.17, 15) is 8.42 Å². The van der Waals surface area contributed by atoms with Crippen molar-refractivity contribution < 1.29 is 13.2 Å². The Labute approximate surface area is 152 Å². The number of halogens is 1. The Morgan fingerprint density at radius 3 is 2.36 bits per heavy atom. The molecule has 0 aliphatic carbocycles. The maximum absolute atomic E-state index is 11.6. The third-order valence-corrected chi connectivity index (χ3v) is 5.10. The zero-order valence-electron chi connectivity index (χ0n) is 14.5. The van der Waals surface area contributed by atoms with Crippen molar-refractivity contribution in [1.29, 1.82) is 0 Å². The lowest BCUT2D eigenvalue weighted by Gasteiger charge is -2.24. The molecular weight excluding hydrogens is 419 g/mol. The molecule has 0 radical (unpaired) electrons. The van der Waals surface area contributed by atoms with Gasteiger partial charge in [-0.15, -0.1) is 24.0 Å². The van der Waals surface area contributed by atoms with Crippen LogP contribution in [0.2, 0.25) is 0 Å². The van der Waals surface area contributed by atoms with E-state index in [1.165, 1.54) is 4.31 Å². The van der Waals surface area contributed by atoms with Crippen LogP contribution in [0.25, 0.3) is 0 Å².